The number of rotatable bonds is 4. The lowest BCUT2D eigenvalue weighted by Gasteiger charge is -2.05. The summed E-state index contributed by atoms with van der Waals surface area (Å²) < 4.78 is 1.92. The summed E-state index contributed by atoms with van der Waals surface area (Å²) in [6, 6.07) is 0.773. The van der Waals surface area contributed by atoms with Crippen molar-refractivity contribution in [3.8, 4) is 0 Å². The molecule has 0 aromatic carbocycles. The molecule has 0 aliphatic heterocycles. The zero-order chi connectivity index (χ0) is 10.1. The average molecular weight is 193 g/mol. The maximum atomic E-state index is 4.49. The fourth-order valence-corrected chi connectivity index (χ4v) is 1.72. The molecule has 1 aliphatic rings. The van der Waals surface area contributed by atoms with Crippen LogP contribution in [0.5, 0.6) is 0 Å². The monoisotopic (exact) mass is 193 g/mol. The lowest BCUT2D eigenvalue weighted by molar-refractivity contribution is 0.673. The van der Waals surface area contributed by atoms with Gasteiger partial charge in [0.25, 0.3) is 0 Å². The van der Waals surface area contributed by atoms with Crippen molar-refractivity contribution in [2.45, 2.75) is 45.2 Å². The highest BCUT2D eigenvalue weighted by Crippen LogP contribution is 2.21. The van der Waals surface area contributed by atoms with Crippen LogP contribution in [0.3, 0.4) is 0 Å². The summed E-state index contributed by atoms with van der Waals surface area (Å²) in [4.78, 5) is 0. The van der Waals surface area contributed by atoms with E-state index in [4.69, 9.17) is 0 Å². The van der Waals surface area contributed by atoms with Gasteiger partial charge in [-0.05, 0) is 18.8 Å². The van der Waals surface area contributed by atoms with Crippen LogP contribution in [0.4, 0.5) is 0 Å². The van der Waals surface area contributed by atoms with Crippen LogP contribution < -0.4 is 5.32 Å². The van der Waals surface area contributed by atoms with Crippen LogP contribution in [0.2, 0.25) is 0 Å². The molecule has 0 radical (unpaired) electrons. The van der Waals surface area contributed by atoms with Gasteiger partial charge in [-0.25, -0.2) is 0 Å². The molecule has 0 bridgehead atoms. The molecule has 2 rings (SSSR count). The van der Waals surface area contributed by atoms with E-state index in [1.54, 1.807) is 0 Å². The quantitative estimate of drug-likeness (QED) is 0.790. The first-order chi connectivity index (χ1) is 6.66. The van der Waals surface area contributed by atoms with Gasteiger partial charge in [0.1, 0.15) is 0 Å². The Morgan fingerprint density at radius 3 is 2.86 bits per heavy atom. The first-order valence-corrected chi connectivity index (χ1v) is 5.42. The Morgan fingerprint density at radius 2 is 2.29 bits per heavy atom. The van der Waals surface area contributed by atoms with Gasteiger partial charge >= 0.3 is 0 Å². The Bertz CT molecular complexity index is 310. The second-order valence-corrected chi connectivity index (χ2v) is 4.52. The summed E-state index contributed by atoms with van der Waals surface area (Å²) in [5, 5.41) is 8.01. The minimum Gasteiger partial charge on any atom is -0.310 e. The summed E-state index contributed by atoms with van der Waals surface area (Å²) in [6.45, 7) is 5.37. The van der Waals surface area contributed by atoms with Crippen molar-refractivity contribution in [2.24, 2.45) is 7.05 Å². The third-order valence-electron chi connectivity index (χ3n) is 2.64. The van der Waals surface area contributed by atoms with Crippen molar-refractivity contribution in [2.75, 3.05) is 0 Å². The van der Waals surface area contributed by atoms with E-state index in [0.29, 0.717) is 5.92 Å². The van der Waals surface area contributed by atoms with Crippen LogP contribution in [-0.4, -0.2) is 15.8 Å². The first-order valence-electron chi connectivity index (χ1n) is 5.42. The van der Waals surface area contributed by atoms with E-state index in [1.165, 1.54) is 24.1 Å². The molecule has 0 amide bonds. The van der Waals surface area contributed by atoms with Gasteiger partial charge in [0, 0.05) is 31.4 Å². The largest absolute Gasteiger partial charge is 0.310 e. The van der Waals surface area contributed by atoms with Gasteiger partial charge < -0.3 is 5.32 Å². The summed E-state index contributed by atoms with van der Waals surface area (Å²) in [5.41, 5.74) is 2.59. The number of nitrogens with zero attached hydrogens (tertiary/aromatic N) is 2. The molecule has 0 spiro atoms. The molecule has 14 heavy (non-hydrogen) atoms. The molecule has 0 saturated heterocycles. The summed E-state index contributed by atoms with van der Waals surface area (Å²) >= 11 is 0. The highest BCUT2D eigenvalue weighted by Gasteiger charge is 2.21. The molecule has 1 heterocycles. The van der Waals surface area contributed by atoms with Crippen LogP contribution in [0, 0.1) is 0 Å². The zero-order valence-corrected chi connectivity index (χ0v) is 9.25. The fraction of sp³-hybridized carbons (Fsp3) is 0.727. The van der Waals surface area contributed by atoms with E-state index < -0.39 is 0 Å². The molecule has 0 atom stereocenters. The second-order valence-electron chi connectivity index (χ2n) is 4.52. The van der Waals surface area contributed by atoms with Gasteiger partial charge in [0.15, 0.2) is 0 Å². The predicted molar refractivity (Wildman–Crippen MR) is 57.2 cm³/mol. The molecule has 3 heteroatoms. The second kappa shape index (κ2) is 3.73. The maximum Gasteiger partial charge on any atom is 0.0694 e. The third-order valence-corrected chi connectivity index (χ3v) is 2.64. The average Bonchev–Trinajstić information content (AvgIpc) is 2.86. The standard InChI is InChI=1S/C11H19N3/c1-8(2)11-9(7-14(3)13-11)6-12-10-4-5-10/h7-8,10,12H,4-6H2,1-3H3. The van der Waals surface area contributed by atoms with Crippen molar-refractivity contribution >= 4 is 0 Å². The SMILES string of the molecule is CC(C)c1nn(C)cc1CNC1CC1. The molecule has 1 saturated carbocycles. The van der Waals surface area contributed by atoms with Crippen LogP contribution >= 0.6 is 0 Å². The molecule has 1 aromatic rings. The lowest BCUT2D eigenvalue weighted by atomic mass is 10.1. The van der Waals surface area contributed by atoms with Crippen molar-refractivity contribution in [1.29, 1.82) is 0 Å². The van der Waals surface area contributed by atoms with Crippen LogP contribution in [0.15, 0.2) is 6.20 Å². The molecule has 1 aliphatic carbocycles. The Morgan fingerprint density at radius 1 is 1.57 bits per heavy atom. The van der Waals surface area contributed by atoms with E-state index in [2.05, 4.69) is 30.5 Å². The van der Waals surface area contributed by atoms with Crippen LogP contribution in [-0.2, 0) is 13.6 Å². The molecule has 1 fully saturated rings. The van der Waals surface area contributed by atoms with E-state index >= 15 is 0 Å². The fourth-order valence-electron chi connectivity index (χ4n) is 1.72. The molecule has 1 N–H and O–H groups in total. The van der Waals surface area contributed by atoms with E-state index in [9.17, 15) is 0 Å². The van der Waals surface area contributed by atoms with Crippen molar-refractivity contribution in [3.05, 3.63) is 17.5 Å². The number of nitrogens with one attached hydrogen (secondary N) is 1. The van der Waals surface area contributed by atoms with E-state index in [1.807, 2.05) is 11.7 Å². The highest BCUT2D eigenvalue weighted by molar-refractivity contribution is 5.20. The van der Waals surface area contributed by atoms with Crippen molar-refractivity contribution < 1.29 is 0 Å². The predicted octanol–water partition coefficient (Wildman–Crippen LogP) is 1.80. The number of aromatic nitrogens is 2. The summed E-state index contributed by atoms with van der Waals surface area (Å²) in [5.74, 6) is 0.521. The summed E-state index contributed by atoms with van der Waals surface area (Å²) in [7, 11) is 1.99. The Hall–Kier alpha value is -0.830. The van der Waals surface area contributed by atoms with Gasteiger partial charge in [0.2, 0.25) is 0 Å². The zero-order valence-electron chi connectivity index (χ0n) is 9.25. The minimum absolute atomic E-state index is 0.521. The summed E-state index contributed by atoms with van der Waals surface area (Å²) in [6.07, 6.45) is 4.82. The Kier molecular flexibility index (Phi) is 2.59. The normalized spacial score (nSPS) is 16.6. The molecule has 1 aromatic heterocycles. The van der Waals surface area contributed by atoms with Gasteiger partial charge in [-0.2, -0.15) is 5.10 Å². The van der Waals surface area contributed by atoms with Gasteiger partial charge in [-0.1, -0.05) is 13.8 Å². The number of aryl methyl sites for hydroxylation is 1. The minimum atomic E-state index is 0.521. The van der Waals surface area contributed by atoms with Gasteiger partial charge in [0.05, 0.1) is 5.69 Å². The van der Waals surface area contributed by atoms with Gasteiger partial charge in [-0.15, -0.1) is 0 Å². The topological polar surface area (TPSA) is 29.9 Å². The maximum absolute atomic E-state index is 4.49. The third kappa shape index (κ3) is 2.15. The lowest BCUT2D eigenvalue weighted by Crippen LogP contribution is -2.16. The Balaban J connectivity index is 2.05. The van der Waals surface area contributed by atoms with Crippen molar-refractivity contribution in [3.63, 3.8) is 0 Å². The number of hydrogen-bond donors (Lipinski definition) is 1. The molecule has 3 nitrogen and oxygen atoms in total. The Labute approximate surface area is 85.5 Å². The van der Waals surface area contributed by atoms with Crippen LogP contribution in [0.1, 0.15) is 43.9 Å². The molecule has 0 unspecified atom stereocenters. The van der Waals surface area contributed by atoms with Gasteiger partial charge in [-0.3, -0.25) is 4.68 Å². The molecular formula is C11H19N3. The van der Waals surface area contributed by atoms with E-state index in [-0.39, 0.29) is 0 Å². The smallest absolute Gasteiger partial charge is 0.0694 e. The van der Waals surface area contributed by atoms with E-state index in [0.717, 1.165) is 12.6 Å². The number of hydrogen-bond acceptors (Lipinski definition) is 2. The van der Waals surface area contributed by atoms with Crippen LogP contribution in [0.25, 0.3) is 0 Å². The first kappa shape index (κ1) is 9.71. The highest BCUT2D eigenvalue weighted by atomic mass is 15.3. The van der Waals surface area contributed by atoms with Crippen molar-refractivity contribution in [1.82, 2.24) is 15.1 Å². The molecule has 78 valence electrons. The molecular weight excluding hydrogens is 174 g/mol.